The smallest absolute Gasteiger partial charge is 0.272 e. The summed E-state index contributed by atoms with van der Waals surface area (Å²) in [5.74, 6) is 1.68. The van der Waals surface area contributed by atoms with Gasteiger partial charge in [-0.15, -0.1) is 0 Å². The Kier molecular flexibility index (Phi) is 7.50. The highest BCUT2D eigenvalue weighted by molar-refractivity contribution is 5.79. The van der Waals surface area contributed by atoms with E-state index < -0.39 is 13.0 Å². The fraction of sp³-hybridized carbons (Fsp3) is 0.533. The van der Waals surface area contributed by atoms with Crippen molar-refractivity contribution >= 4 is 5.96 Å². The predicted octanol–water partition coefficient (Wildman–Crippen LogP) is 2.65. The highest BCUT2D eigenvalue weighted by atomic mass is 19.3. The number of hydrogen-bond acceptors (Lipinski definition) is 2. The Hall–Kier alpha value is -1.85. The average Bonchev–Trinajstić information content (AvgIpc) is 2.45. The van der Waals surface area contributed by atoms with Gasteiger partial charge >= 0.3 is 0 Å². The molecule has 118 valence electrons. The van der Waals surface area contributed by atoms with Crippen LogP contribution in [0.4, 0.5) is 8.78 Å². The van der Waals surface area contributed by atoms with Crippen molar-refractivity contribution < 1.29 is 13.5 Å². The van der Waals surface area contributed by atoms with E-state index in [9.17, 15) is 8.78 Å². The number of ether oxygens (including phenoxy) is 1. The van der Waals surface area contributed by atoms with Gasteiger partial charge in [-0.2, -0.15) is 0 Å². The first-order chi connectivity index (χ1) is 10.0. The summed E-state index contributed by atoms with van der Waals surface area (Å²) >= 11 is 0. The van der Waals surface area contributed by atoms with E-state index in [1.54, 1.807) is 25.2 Å². The molecule has 0 unspecified atom stereocenters. The maximum absolute atomic E-state index is 12.1. The van der Waals surface area contributed by atoms with Crippen LogP contribution >= 0.6 is 0 Å². The van der Waals surface area contributed by atoms with Gasteiger partial charge < -0.3 is 15.4 Å². The van der Waals surface area contributed by atoms with Crippen molar-refractivity contribution in [1.29, 1.82) is 0 Å². The normalized spacial score (nSPS) is 11.9. The lowest BCUT2D eigenvalue weighted by molar-refractivity contribution is 0.0818. The molecular weight excluding hydrogens is 276 g/mol. The van der Waals surface area contributed by atoms with Crippen molar-refractivity contribution in [1.82, 2.24) is 10.6 Å². The van der Waals surface area contributed by atoms with E-state index >= 15 is 0 Å². The van der Waals surface area contributed by atoms with Crippen LogP contribution < -0.4 is 15.4 Å². The Morgan fingerprint density at radius 1 is 1.29 bits per heavy atom. The minimum Gasteiger partial charge on any atom is -0.488 e. The first-order valence-corrected chi connectivity index (χ1v) is 6.95. The van der Waals surface area contributed by atoms with Gasteiger partial charge in [0, 0.05) is 20.1 Å². The first-order valence-electron chi connectivity index (χ1n) is 6.95. The molecule has 0 heterocycles. The maximum atomic E-state index is 12.1. The number of alkyl halides is 2. The second-order valence-electron chi connectivity index (χ2n) is 5.05. The zero-order chi connectivity index (χ0) is 15.7. The van der Waals surface area contributed by atoms with Crippen molar-refractivity contribution in [2.75, 3.05) is 20.2 Å². The minimum atomic E-state index is -2.47. The molecule has 0 aromatic heterocycles. The van der Waals surface area contributed by atoms with Gasteiger partial charge in [0.15, 0.2) is 5.96 Å². The Labute approximate surface area is 124 Å². The SMILES string of the molecule is CN=C(NCc1cccc(OCC(F)F)c1)NCC(C)C. The second-order valence-corrected chi connectivity index (χ2v) is 5.05. The Bertz CT molecular complexity index is 450. The molecule has 0 atom stereocenters. The largest absolute Gasteiger partial charge is 0.488 e. The monoisotopic (exact) mass is 299 g/mol. The summed E-state index contributed by atoms with van der Waals surface area (Å²) in [6.07, 6.45) is -2.47. The number of rotatable bonds is 7. The number of benzene rings is 1. The van der Waals surface area contributed by atoms with Gasteiger partial charge in [0.25, 0.3) is 6.43 Å². The lowest BCUT2D eigenvalue weighted by Crippen LogP contribution is -2.38. The lowest BCUT2D eigenvalue weighted by atomic mass is 10.2. The zero-order valence-corrected chi connectivity index (χ0v) is 12.7. The third-order valence-corrected chi connectivity index (χ3v) is 2.64. The number of nitrogens with zero attached hydrogens (tertiary/aromatic N) is 1. The molecule has 1 aromatic rings. The Morgan fingerprint density at radius 3 is 2.67 bits per heavy atom. The Morgan fingerprint density at radius 2 is 2.05 bits per heavy atom. The predicted molar refractivity (Wildman–Crippen MR) is 81.0 cm³/mol. The highest BCUT2D eigenvalue weighted by Gasteiger charge is 2.04. The van der Waals surface area contributed by atoms with Gasteiger partial charge in [0.1, 0.15) is 12.4 Å². The summed E-state index contributed by atoms with van der Waals surface area (Å²) in [6.45, 7) is 5.02. The molecule has 0 aliphatic carbocycles. The van der Waals surface area contributed by atoms with Crippen molar-refractivity contribution in [2.24, 2.45) is 10.9 Å². The summed E-state index contributed by atoms with van der Waals surface area (Å²) < 4.78 is 29.2. The van der Waals surface area contributed by atoms with E-state index in [1.165, 1.54) is 0 Å². The van der Waals surface area contributed by atoms with Crippen LogP contribution in [-0.4, -0.2) is 32.6 Å². The van der Waals surface area contributed by atoms with Crippen LogP contribution in [0.25, 0.3) is 0 Å². The summed E-state index contributed by atoms with van der Waals surface area (Å²) in [7, 11) is 1.71. The molecule has 0 aliphatic rings. The van der Waals surface area contributed by atoms with Gasteiger partial charge in [0.05, 0.1) is 0 Å². The van der Waals surface area contributed by atoms with Gasteiger partial charge in [-0.25, -0.2) is 8.78 Å². The van der Waals surface area contributed by atoms with E-state index in [1.807, 2.05) is 6.07 Å². The number of aliphatic imine (C=N–C) groups is 1. The molecule has 0 bridgehead atoms. The van der Waals surface area contributed by atoms with Gasteiger partial charge in [-0.1, -0.05) is 26.0 Å². The van der Waals surface area contributed by atoms with Crippen LogP contribution in [-0.2, 0) is 6.54 Å². The second kappa shape index (κ2) is 9.15. The van der Waals surface area contributed by atoms with Gasteiger partial charge in [-0.3, -0.25) is 4.99 Å². The fourth-order valence-corrected chi connectivity index (χ4v) is 1.61. The maximum Gasteiger partial charge on any atom is 0.272 e. The molecule has 1 aromatic carbocycles. The molecule has 0 saturated carbocycles. The van der Waals surface area contributed by atoms with Crippen LogP contribution in [0.2, 0.25) is 0 Å². The summed E-state index contributed by atoms with van der Waals surface area (Å²) in [5, 5.41) is 6.37. The standard InChI is InChI=1S/C15H23F2N3O/c1-11(2)8-19-15(18-3)20-9-12-5-4-6-13(7-12)21-10-14(16)17/h4-7,11,14H,8-10H2,1-3H3,(H2,18,19,20). The molecule has 0 fully saturated rings. The average molecular weight is 299 g/mol. The molecule has 0 amide bonds. The molecule has 2 N–H and O–H groups in total. The first kappa shape index (κ1) is 17.2. The number of hydrogen-bond donors (Lipinski definition) is 2. The van der Waals surface area contributed by atoms with E-state index in [4.69, 9.17) is 4.74 Å². The highest BCUT2D eigenvalue weighted by Crippen LogP contribution is 2.14. The van der Waals surface area contributed by atoms with Crippen molar-refractivity contribution in [3.63, 3.8) is 0 Å². The van der Waals surface area contributed by atoms with Crippen molar-refractivity contribution in [3.8, 4) is 5.75 Å². The van der Waals surface area contributed by atoms with Crippen LogP contribution in [0.15, 0.2) is 29.3 Å². The van der Waals surface area contributed by atoms with E-state index in [-0.39, 0.29) is 0 Å². The van der Waals surface area contributed by atoms with Crippen LogP contribution in [0, 0.1) is 5.92 Å². The van der Waals surface area contributed by atoms with Crippen molar-refractivity contribution in [3.05, 3.63) is 29.8 Å². The molecule has 4 nitrogen and oxygen atoms in total. The van der Waals surface area contributed by atoms with Crippen LogP contribution in [0.1, 0.15) is 19.4 Å². The molecule has 6 heteroatoms. The van der Waals surface area contributed by atoms with Crippen molar-refractivity contribution in [2.45, 2.75) is 26.8 Å². The molecule has 21 heavy (non-hydrogen) atoms. The quantitative estimate of drug-likeness (QED) is 0.601. The lowest BCUT2D eigenvalue weighted by Gasteiger charge is -2.14. The minimum absolute atomic E-state index is 0.444. The fourth-order valence-electron chi connectivity index (χ4n) is 1.61. The number of halogens is 2. The van der Waals surface area contributed by atoms with E-state index in [0.29, 0.717) is 24.2 Å². The third kappa shape index (κ3) is 7.48. The molecular formula is C15H23F2N3O. The topological polar surface area (TPSA) is 45.7 Å². The van der Waals surface area contributed by atoms with E-state index in [2.05, 4.69) is 29.5 Å². The van der Waals surface area contributed by atoms with Gasteiger partial charge in [0.2, 0.25) is 0 Å². The van der Waals surface area contributed by atoms with Crippen LogP contribution in [0.3, 0.4) is 0 Å². The molecule has 1 rings (SSSR count). The zero-order valence-electron chi connectivity index (χ0n) is 12.7. The molecule has 0 radical (unpaired) electrons. The summed E-state index contributed by atoms with van der Waals surface area (Å²) in [4.78, 5) is 4.12. The third-order valence-electron chi connectivity index (χ3n) is 2.64. The molecule has 0 aliphatic heterocycles. The molecule has 0 spiro atoms. The van der Waals surface area contributed by atoms with Crippen LogP contribution in [0.5, 0.6) is 5.75 Å². The summed E-state index contributed by atoms with van der Waals surface area (Å²) in [6, 6.07) is 7.09. The van der Waals surface area contributed by atoms with E-state index in [0.717, 1.165) is 12.1 Å². The number of guanidine groups is 1. The van der Waals surface area contributed by atoms with Gasteiger partial charge in [-0.05, 0) is 23.6 Å². The Balaban J connectivity index is 2.48. The summed E-state index contributed by atoms with van der Waals surface area (Å²) in [5.41, 5.74) is 0.939. The molecule has 0 saturated heterocycles. The number of nitrogens with one attached hydrogen (secondary N) is 2.